The lowest BCUT2D eigenvalue weighted by molar-refractivity contribution is -0.115. The van der Waals surface area contributed by atoms with Gasteiger partial charge in [-0.05, 0) is 43.2 Å². The number of nitrogens with one attached hydrogen (secondary N) is 1. The second-order valence-corrected chi connectivity index (χ2v) is 6.84. The highest BCUT2D eigenvalue weighted by molar-refractivity contribution is 5.93. The van der Waals surface area contributed by atoms with Gasteiger partial charge in [-0.1, -0.05) is 48.0 Å². The molecule has 27 heavy (non-hydrogen) atoms. The monoisotopic (exact) mass is 355 g/mol. The lowest BCUT2D eigenvalue weighted by Gasteiger charge is -2.10. The fourth-order valence-electron chi connectivity index (χ4n) is 3.19. The number of fused-ring (bicyclic) bond motifs is 1. The predicted molar refractivity (Wildman–Crippen MR) is 109 cm³/mol. The summed E-state index contributed by atoms with van der Waals surface area (Å²) in [4.78, 5) is 17.2. The molecule has 0 aliphatic rings. The Bertz CT molecular complexity index is 1090. The van der Waals surface area contributed by atoms with Crippen molar-refractivity contribution in [2.45, 2.75) is 20.3 Å². The molecular formula is C23H21N3O. The Labute approximate surface area is 158 Å². The Morgan fingerprint density at radius 2 is 1.93 bits per heavy atom. The Kier molecular flexibility index (Phi) is 4.47. The van der Waals surface area contributed by atoms with Gasteiger partial charge in [-0.25, -0.2) is 4.98 Å². The quantitative estimate of drug-likeness (QED) is 0.571. The highest BCUT2D eigenvalue weighted by atomic mass is 16.1. The van der Waals surface area contributed by atoms with Gasteiger partial charge in [0.2, 0.25) is 5.91 Å². The number of nitrogens with zero attached hydrogens (tertiary/aromatic N) is 2. The van der Waals surface area contributed by atoms with Crippen LogP contribution in [0.5, 0.6) is 0 Å². The van der Waals surface area contributed by atoms with Crippen molar-refractivity contribution in [2.75, 3.05) is 5.32 Å². The molecule has 2 heterocycles. The van der Waals surface area contributed by atoms with Gasteiger partial charge in [0.15, 0.2) is 0 Å². The van der Waals surface area contributed by atoms with Crippen molar-refractivity contribution in [1.29, 1.82) is 0 Å². The molecule has 0 spiro atoms. The van der Waals surface area contributed by atoms with E-state index in [1.807, 2.05) is 91.3 Å². The van der Waals surface area contributed by atoms with Crippen LogP contribution < -0.4 is 5.32 Å². The number of rotatable bonds is 4. The number of pyridine rings is 1. The molecule has 0 unspecified atom stereocenters. The van der Waals surface area contributed by atoms with Crippen molar-refractivity contribution >= 4 is 17.2 Å². The van der Waals surface area contributed by atoms with Gasteiger partial charge in [0.25, 0.3) is 0 Å². The van der Waals surface area contributed by atoms with E-state index in [1.54, 1.807) is 0 Å². The molecule has 0 radical (unpaired) electrons. The number of aryl methyl sites for hydroxylation is 2. The van der Waals surface area contributed by atoms with Gasteiger partial charge < -0.3 is 9.72 Å². The summed E-state index contributed by atoms with van der Waals surface area (Å²) in [5.74, 6) is -0.0177. The molecule has 0 saturated carbocycles. The summed E-state index contributed by atoms with van der Waals surface area (Å²) in [6.07, 6.45) is 4.34. The fourth-order valence-corrected chi connectivity index (χ4v) is 3.19. The number of hydrogen-bond acceptors (Lipinski definition) is 2. The normalized spacial score (nSPS) is 10.9. The van der Waals surface area contributed by atoms with Crippen LogP contribution in [-0.2, 0) is 11.2 Å². The zero-order valence-corrected chi connectivity index (χ0v) is 15.4. The van der Waals surface area contributed by atoms with E-state index in [9.17, 15) is 4.79 Å². The van der Waals surface area contributed by atoms with E-state index in [-0.39, 0.29) is 5.91 Å². The van der Waals surface area contributed by atoms with Crippen LogP contribution in [0.25, 0.3) is 16.9 Å². The van der Waals surface area contributed by atoms with Gasteiger partial charge in [0, 0.05) is 23.6 Å². The number of amides is 1. The highest BCUT2D eigenvalue weighted by Crippen LogP contribution is 2.25. The molecule has 0 aliphatic heterocycles. The summed E-state index contributed by atoms with van der Waals surface area (Å²) in [5.41, 5.74) is 6.79. The van der Waals surface area contributed by atoms with Gasteiger partial charge in [-0.2, -0.15) is 0 Å². The molecule has 4 rings (SSSR count). The molecule has 0 atom stereocenters. The number of carbonyl (C=O) groups excluding carboxylic acids is 1. The second-order valence-electron chi connectivity index (χ2n) is 6.84. The minimum atomic E-state index is -0.0177. The zero-order chi connectivity index (χ0) is 18.8. The summed E-state index contributed by atoms with van der Waals surface area (Å²) in [6, 6.07) is 20.0. The van der Waals surface area contributed by atoms with E-state index in [0.29, 0.717) is 6.42 Å². The Hall–Kier alpha value is -3.40. The molecule has 0 fully saturated rings. The second kappa shape index (κ2) is 7.08. The van der Waals surface area contributed by atoms with E-state index in [0.717, 1.165) is 39.3 Å². The summed E-state index contributed by atoms with van der Waals surface area (Å²) in [7, 11) is 0. The van der Waals surface area contributed by atoms with Crippen molar-refractivity contribution in [3.63, 3.8) is 0 Å². The fraction of sp³-hybridized carbons (Fsp3) is 0.130. The number of hydrogen-bond donors (Lipinski definition) is 1. The van der Waals surface area contributed by atoms with Crippen molar-refractivity contribution in [3.8, 4) is 11.3 Å². The van der Waals surface area contributed by atoms with Gasteiger partial charge in [-0.15, -0.1) is 0 Å². The average molecular weight is 355 g/mol. The first-order valence-electron chi connectivity index (χ1n) is 8.99. The van der Waals surface area contributed by atoms with Crippen molar-refractivity contribution in [2.24, 2.45) is 0 Å². The van der Waals surface area contributed by atoms with Crippen LogP contribution in [0.3, 0.4) is 0 Å². The van der Waals surface area contributed by atoms with Gasteiger partial charge in [0.05, 0.1) is 12.1 Å². The molecule has 4 aromatic rings. The van der Waals surface area contributed by atoms with Gasteiger partial charge in [-0.3, -0.25) is 4.79 Å². The average Bonchev–Trinajstić information content (AvgIpc) is 3.07. The number of anilines is 1. The topological polar surface area (TPSA) is 46.4 Å². The number of benzene rings is 2. The minimum absolute atomic E-state index is 0.0177. The molecule has 2 aromatic heterocycles. The first kappa shape index (κ1) is 17.0. The molecule has 1 N–H and O–H groups in total. The SMILES string of the molecule is Cc1cccc(CC(=O)Nc2cc(-c3cn4ccccc4n3)ccc2C)c1. The highest BCUT2D eigenvalue weighted by Gasteiger charge is 2.10. The number of aromatic nitrogens is 2. The minimum Gasteiger partial charge on any atom is -0.326 e. The van der Waals surface area contributed by atoms with Gasteiger partial charge in [0.1, 0.15) is 5.65 Å². The largest absolute Gasteiger partial charge is 0.326 e. The molecule has 2 aromatic carbocycles. The third kappa shape index (κ3) is 3.75. The Morgan fingerprint density at radius 3 is 2.74 bits per heavy atom. The van der Waals surface area contributed by atoms with Crippen LogP contribution >= 0.6 is 0 Å². The number of carbonyl (C=O) groups is 1. The maximum Gasteiger partial charge on any atom is 0.228 e. The van der Waals surface area contributed by atoms with Crippen molar-refractivity contribution in [3.05, 3.63) is 89.7 Å². The molecular weight excluding hydrogens is 334 g/mol. The summed E-state index contributed by atoms with van der Waals surface area (Å²) in [5, 5.41) is 3.05. The number of imidazole rings is 1. The van der Waals surface area contributed by atoms with Gasteiger partial charge >= 0.3 is 0 Å². The lowest BCUT2D eigenvalue weighted by atomic mass is 10.1. The zero-order valence-electron chi connectivity index (χ0n) is 15.4. The molecule has 134 valence electrons. The van der Waals surface area contributed by atoms with E-state index < -0.39 is 0 Å². The standard InChI is InChI=1S/C23H21N3O/c1-16-6-5-7-18(12-16)13-23(27)25-20-14-19(10-9-17(20)2)21-15-26-11-4-3-8-22(26)24-21/h3-12,14-15H,13H2,1-2H3,(H,25,27). The molecule has 0 saturated heterocycles. The van der Waals surface area contributed by atoms with Crippen LogP contribution in [0, 0.1) is 13.8 Å². The van der Waals surface area contributed by atoms with Crippen LogP contribution in [-0.4, -0.2) is 15.3 Å². The van der Waals surface area contributed by atoms with E-state index in [4.69, 9.17) is 0 Å². The maximum absolute atomic E-state index is 12.5. The first-order valence-corrected chi connectivity index (χ1v) is 8.99. The molecule has 1 amide bonds. The molecule has 0 aliphatic carbocycles. The predicted octanol–water partition coefficient (Wildman–Crippen LogP) is 4.80. The molecule has 4 heteroatoms. The van der Waals surface area contributed by atoms with Crippen LogP contribution in [0.4, 0.5) is 5.69 Å². The molecule has 4 nitrogen and oxygen atoms in total. The maximum atomic E-state index is 12.5. The molecule has 0 bridgehead atoms. The smallest absolute Gasteiger partial charge is 0.228 e. The third-order valence-electron chi connectivity index (χ3n) is 4.62. The van der Waals surface area contributed by atoms with Crippen LogP contribution in [0.1, 0.15) is 16.7 Å². The summed E-state index contributed by atoms with van der Waals surface area (Å²) < 4.78 is 1.99. The summed E-state index contributed by atoms with van der Waals surface area (Å²) >= 11 is 0. The van der Waals surface area contributed by atoms with E-state index in [2.05, 4.69) is 10.3 Å². The summed E-state index contributed by atoms with van der Waals surface area (Å²) in [6.45, 7) is 4.03. The Balaban J connectivity index is 1.57. The van der Waals surface area contributed by atoms with Crippen molar-refractivity contribution < 1.29 is 4.79 Å². The van der Waals surface area contributed by atoms with E-state index in [1.165, 1.54) is 0 Å². The Morgan fingerprint density at radius 1 is 1.04 bits per heavy atom. The first-order chi connectivity index (χ1) is 13.1. The van der Waals surface area contributed by atoms with Crippen molar-refractivity contribution in [1.82, 2.24) is 9.38 Å². The van der Waals surface area contributed by atoms with E-state index >= 15 is 0 Å². The lowest BCUT2D eigenvalue weighted by Crippen LogP contribution is -2.15. The van der Waals surface area contributed by atoms with Crippen LogP contribution in [0.2, 0.25) is 0 Å². The van der Waals surface area contributed by atoms with Crippen LogP contribution in [0.15, 0.2) is 73.1 Å². The third-order valence-corrected chi connectivity index (χ3v) is 4.62.